The molecule has 0 aliphatic carbocycles. The van der Waals surface area contributed by atoms with Crippen LogP contribution in [-0.4, -0.2) is 72.4 Å². The maximum Gasteiger partial charge on any atom is 0.332 e. The van der Waals surface area contributed by atoms with Crippen LogP contribution in [0.5, 0.6) is 0 Å². The average molecular weight is 639 g/mol. The van der Waals surface area contributed by atoms with Gasteiger partial charge in [-0.25, -0.2) is 27.6 Å². The molecule has 1 aliphatic rings. The molecule has 4 aromatic rings. The number of H-pyrrole nitrogens is 1. The van der Waals surface area contributed by atoms with Gasteiger partial charge >= 0.3 is 11.7 Å². The standard InChI is InChI=1S/C30H34N6O6S2/c1-29(2,3)42-27(38)23(16-19-10-12-20(13-11-19)36-25-22(34-28(36)39)9-7-15-32-25)33-26(37)24-30(4,5)43-18-35(24)44(40,41)21-8-6-14-31-17-21/h6-15,17,23-24H,16,18H2,1-5H3,(H,33,37)(H,34,39). The maximum atomic E-state index is 13.9. The number of pyridine rings is 2. The van der Waals surface area contributed by atoms with Crippen LogP contribution in [0.15, 0.2) is 76.8 Å². The van der Waals surface area contributed by atoms with Gasteiger partial charge in [0.25, 0.3) is 0 Å². The second-order valence-corrected chi connectivity index (χ2v) is 15.5. The number of aromatic amines is 1. The third-order valence-corrected chi connectivity index (χ3v) is 10.4. The number of aromatic nitrogens is 4. The Morgan fingerprint density at radius 3 is 2.50 bits per heavy atom. The molecule has 2 unspecified atom stereocenters. The number of nitrogens with one attached hydrogen (secondary N) is 2. The highest BCUT2D eigenvalue weighted by Gasteiger charge is 2.51. The summed E-state index contributed by atoms with van der Waals surface area (Å²) in [6, 6.07) is 11.2. The van der Waals surface area contributed by atoms with E-state index in [9.17, 15) is 22.8 Å². The van der Waals surface area contributed by atoms with E-state index in [1.54, 1.807) is 77.2 Å². The first-order valence-corrected chi connectivity index (χ1v) is 16.3. The molecule has 0 radical (unpaired) electrons. The van der Waals surface area contributed by atoms with E-state index < -0.39 is 44.3 Å². The van der Waals surface area contributed by atoms with Gasteiger partial charge in [0.05, 0.1) is 17.1 Å². The van der Waals surface area contributed by atoms with Crippen LogP contribution in [0, 0.1) is 0 Å². The van der Waals surface area contributed by atoms with Gasteiger partial charge in [-0.05, 0) is 76.6 Å². The van der Waals surface area contributed by atoms with E-state index in [4.69, 9.17) is 4.74 Å². The third-order valence-electron chi connectivity index (χ3n) is 7.08. The summed E-state index contributed by atoms with van der Waals surface area (Å²) in [5.41, 5.74) is 1.17. The third kappa shape index (κ3) is 6.42. The van der Waals surface area contributed by atoms with Crippen LogP contribution in [0.2, 0.25) is 0 Å². The predicted octanol–water partition coefficient (Wildman–Crippen LogP) is 3.02. The molecule has 0 saturated carbocycles. The van der Waals surface area contributed by atoms with Gasteiger partial charge in [0.1, 0.15) is 22.6 Å². The first kappa shape index (κ1) is 31.4. The van der Waals surface area contributed by atoms with Crippen LogP contribution >= 0.6 is 11.8 Å². The molecule has 4 heterocycles. The molecule has 1 saturated heterocycles. The monoisotopic (exact) mass is 638 g/mol. The molecule has 44 heavy (non-hydrogen) atoms. The molecule has 5 rings (SSSR count). The second-order valence-electron chi connectivity index (χ2n) is 12.0. The lowest BCUT2D eigenvalue weighted by molar-refractivity contribution is -0.158. The summed E-state index contributed by atoms with van der Waals surface area (Å²) in [6.45, 7) is 8.77. The molecule has 1 aromatic carbocycles. The zero-order valence-corrected chi connectivity index (χ0v) is 26.6. The molecule has 1 amide bonds. The predicted molar refractivity (Wildman–Crippen MR) is 167 cm³/mol. The molecule has 12 nitrogen and oxygen atoms in total. The lowest BCUT2D eigenvalue weighted by Gasteiger charge is -2.32. The number of thioether (sulfide) groups is 1. The quantitative estimate of drug-likeness (QED) is 0.277. The van der Waals surface area contributed by atoms with Gasteiger partial charge in [-0.15, -0.1) is 11.8 Å². The minimum Gasteiger partial charge on any atom is -0.458 e. The first-order chi connectivity index (χ1) is 20.7. The second kappa shape index (κ2) is 11.8. The summed E-state index contributed by atoms with van der Waals surface area (Å²) in [5, 5.41) is 2.80. The molecule has 14 heteroatoms. The molecule has 1 fully saturated rings. The fourth-order valence-corrected chi connectivity index (χ4v) is 8.17. The number of carbonyl (C=O) groups excluding carboxylic acids is 2. The number of imidazole rings is 1. The number of carbonyl (C=O) groups is 2. The number of fused-ring (bicyclic) bond motifs is 1. The molecule has 1 aliphatic heterocycles. The van der Waals surface area contributed by atoms with Gasteiger partial charge in [-0.1, -0.05) is 12.1 Å². The number of amides is 1. The van der Waals surface area contributed by atoms with Gasteiger partial charge in [-0.2, -0.15) is 4.31 Å². The summed E-state index contributed by atoms with van der Waals surface area (Å²) in [4.78, 5) is 50.9. The van der Waals surface area contributed by atoms with Gasteiger partial charge < -0.3 is 15.0 Å². The minimum absolute atomic E-state index is 0.0237. The van der Waals surface area contributed by atoms with Crippen LogP contribution < -0.4 is 11.0 Å². The summed E-state index contributed by atoms with van der Waals surface area (Å²) in [5.74, 6) is -1.21. The number of esters is 1. The number of hydrogen-bond acceptors (Lipinski definition) is 9. The Labute approximate surface area is 259 Å². The Bertz CT molecular complexity index is 1850. The van der Waals surface area contributed by atoms with Crippen LogP contribution in [-0.2, 0) is 30.8 Å². The van der Waals surface area contributed by atoms with Crippen molar-refractivity contribution in [1.82, 2.24) is 29.1 Å². The largest absolute Gasteiger partial charge is 0.458 e. The molecule has 0 spiro atoms. The van der Waals surface area contributed by atoms with E-state index in [1.165, 1.54) is 40.9 Å². The van der Waals surface area contributed by atoms with Crippen molar-refractivity contribution in [1.29, 1.82) is 0 Å². The number of benzene rings is 1. The summed E-state index contributed by atoms with van der Waals surface area (Å²) in [7, 11) is -4.06. The van der Waals surface area contributed by atoms with E-state index >= 15 is 0 Å². The zero-order valence-electron chi connectivity index (χ0n) is 25.0. The summed E-state index contributed by atoms with van der Waals surface area (Å²) in [6.07, 6.45) is 4.38. The van der Waals surface area contributed by atoms with Crippen molar-refractivity contribution in [2.45, 2.75) is 68.4 Å². The summed E-state index contributed by atoms with van der Waals surface area (Å²) >= 11 is 1.33. The molecule has 2 atom stereocenters. The van der Waals surface area contributed by atoms with Crippen molar-refractivity contribution in [3.05, 3.63) is 83.2 Å². The van der Waals surface area contributed by atoms with E-state index in [-0.39, 0.29) is 22.9 Å². The fraction of sp³-hybridized carbons (Fsp3) is 0.367. The normalized spacial score (nSPS) is 17.8. The zero-order chi connectivity index (χ0) is 31.9. The maximum absolute atomic E-state index is 13.9. The molecule has 2 N–H and O–H groups in total. The highest BCUT2D eigenvalue weighted by Crippen LogP contribution is 2.42. The lowest BCUT2D eigenvalue weighted by Crippen LogP contribution is -2.57. The molecule has 232 valence electrons. The Morgan fingerprint density at radius 2 is 1.84 bits per heavy atom. The van der Waals surface area contributed by atoms with E-state index in [1.807, 2.05) is 0 Å². The highest BCUT2D eigenvalue weighted by atomic mass is 32.2. The van der Waals surface area contributed by atoms with E-state index in [0.717, 1.165) is 4.31 Å². The van der Waals surface area contributed by atoms with Crippen LogP contribution in [0.4, 0.5) is 0 Å². The fourth-order valence-electron chi connectivity index (χ4n) is 5.03. The number of rotatable bonds is 8. The van der Waals surface area contributed by atoms with Gasteiger partial charge in [0.15, 0.2) is 5.65 Å². The van der Waals surface area contributed by atoms with Gasteiger partial charge in [-0.3, -0.25) is 9.78 Å². The Kier molecular flexibility index (Phi) is 8.44. The number of ether oxygens (including phenoxy) is 1. The number of sulfonamides is 1. The Morgan fingerprint density at radius 1 is 1.14 bits per heavy atom. The van der Waals surface area contributed by atoms with Crippen molar-refractivity contribution in [2.75, 3.05) is 5.88 Å². The average Bonchev–Trinajstić information content (AvgIpc) is 3.47. The van der Waals surface area contributed by atoms with Gasteiger partial charge in [0.2, 0.25) is 15.9 Å². The highest BCUT2D eigenvalue weighted by molar-refractivity contribution is 8.02. The van der Waals surface area contributed by atoms with Crippen LogP contribution in [0.3, 0.4) is 0 Å². The molecule has 0 bridgehead atoms. The minimum atomic E-state index is -4.06. The first-order valence-electron chi connectivity index (χ1n) is 13.9. The van der Waals surface area contributed by atoms with Crippen LogP contribution in [0.25, 0.3) is 16.9 Å². The smallest absolute Gasteiger partial charge is 0.332 e. The van der Waals surface area contributed by atoms with Crippen molar-refractivity contribution in [3.8, 4) is 5.69 Å². The van der Waals surface area contributed by atoms with Crippen LogP contribution in [0.1, 0.15) is 40.2 Å². The van der Waals surface area contributed by atoms with Gasteiger partial charge in [0, 0.05) is 29.8 Å². The van der Waals surface area contributed by atoms with E-state index in [0.29, 0.717) is 22.4 Å². The van der Waals surface area contributed by atoms with Crippen molar-refractivity contribution in [2.24, 2.45) is 0 Å². The topological polar surface area (TPSA) is 156 Å². The SMILES string of the molecule is CC(C)(C)OC(=O)C(Cc1ccc(-n2c(=O)[nH]c3cccnc32)cc1)NC(=O)C1N(S(=O)(=O)c2cccnc2)CSC1(C)C. The Balaban J connectivity index is 1.42. The van der Waals surface area contributed by atoms with Crippen molar-refractivity contribution < 1.29 is 22.7 Å². The molecular weight excluding hydrogens is 605 g/mol. The lowest BCUT2D eigenvalue weighted by atomic mass is 10.0. The summed E-state index contributed by atoms with van der Waals surface area (Å²) < 4.78 is 34.5. The van der Waals surface area contributed by atoms with Crippen molar-refractivity contribution in [3.63, 3.8) is 0 Å². The Hall–Kier alpha value is -4.01. The number of hydrogen-bond donors (Lipinski definition) is 2. The molecule has 3 aromatic heterocycles. The molecular formula is C30H34N6O6S2. The van der Waals surface area contributed by atoms with E-state index in [2.05, 4.69) is 20.3 Å². The number of nitrogens with zero attached hydrogens (tertiary/aromatic N) is 4. The van der Waals surface area contributed by atoms with Crippen molar-refractivity contribution >= 4 is 44.8 Å².